The third-order valence-corrected chi connectivity index (χ3v) is 6.83. The predicted octanol–water partition coefficient (Wildman–Crippen LogP) is 1.55. The van der Waals surface area contributed by atoms with Crippen LogP contribution in [0.3, 0.4) is 0 Å². The van der Waals surface area contributed by atoms with Crippen LogP contribution in [0.2, 0.25) is 0 Å². The Kier molecular flexibility index (Phi) is 9.89. The molecule has 2 unspecified atom stereocenters. The Morgan fingerprint density at radius 3 is 2.66 bits per heavy atom. The van der Waals surface area contributed by atoms with Gasteiger partial charge in [-0.2, -0.15) is 0 Å². The van der Waals surface area contributed by atoms with Crippen molar-refractivity contribution in [3.8, 4) is 0 Å². The SMILES string of the molecule is CCc1cccc2c(C)c(CC(NC(=O)CCCCNC(=O)C(N)CC3=CCN(C(=N)N)C3)C(=O)O)oc12. The third kappa shape index (κ3) is 7.34. The van der Waals surface area contributed by atoms with Gasteiger partial charge in [0.1, 0.15) is 17.4 Å². The van der Waals surface area contributed by atoms with Gasteiger partial charge in [-0.3, -0.25) is 15.0 Å². The molecule has 11 nitrogen and oxygen atoms in total. The van der Waals surface area contributed by atoms with Crippen molar-refractivity contribution in [1.29, 1.82) is 5.41 Å². The van der Waals surface area contributed by atoms with Gasteiger partial charge in [0.2, 0.25) is 11.8 Å². The zero-order valence-electron chi connectivity index (χ0n) is 22.0. The number of carboxylic acid groups (broad SMARTS) is 1. The number of furan rings is 1. The summed E-state index contributed by atoms with van der Waals surface area (Å²) in [5, 5.41) is 23.5. The summed E-state index contributed by atoms with van der Waals surface area (Å²) in [6, 6.07) is 4.08. The van der Waals surface area contributed by atoms with Crippen molar-refractivity contribution in [1.82, 2.24) is 15.5 Å². The molecule has 1 aromatic carbocycles. The van der Waals surface area contributed by atoms with Crippen LogP contribution in [0.25, 0.3) is 11.0 Å². The summed E-state index contributed by atoms with van der Waals surface area (Å²) < 4.78 is 6.01. The molecule has 2 amide bonds. The molecule has 1 aliphatic heterocycles. The van der Waals surface area contributed by atoms with Gasteiger partial charge in [0.25, 0.3) is 0 Å². The molecule has 2 heterocycles. The highest BCUT2D eigenvalue weighted by Gasteiger charge is 2.24. The predicted molar refractivity (Wildman–Crippen MR) is 145 cm³/mol. The van der Waals surface area contributed by atoms with Crippen LogP contribution >= 0.6 is 0 Å². The fourth-order valence-electron chi connectivity index (χ4n) is 4.55. The molecule has 2 atom stereocenters. The molecule has 38 heavy (non-hydrogen) atoms. The molecule has 3 rings (SSSR count). The molecule has 0 saturated heterocycles. The smallest absolute Gasteiger partial charge is 0.326 e. The normalized spacial score (nSPS) is 14.7. The van der Waals surface area contributed by atoms with Crippen LogP contribution in [0, 0.1) is 12.3 Å². The van der Waals surface area contributed by atoms with Gasteiger partial charge in [-0.1, -0.05) is 36.8 Å². The zero-order valence-corrected chi connectivity index (χ0v) is 22.0. The molecule has 0 aliphatic carbocycles. The number of nitrogens with two attached hydrogens (primary N) is 2. The summed E-state index contributed by atoms with van der Waals surface area (Å²) in [6.07, 6.45) is 4.34. The lowest BCUT2D eigenvalue weighted by atomic mass is 10.0. The fraction of sp³-hybridized carbons (Fsp3) is 0.481. The van der Waals surface area contributed by atoms with Crippen molar-refractivity contribution < 1.29 is 23.9 Å². The number of guanidine groups is 1. The van der Waals surface area contributed by atoms with E-state index in [1.54, 1.807) is 4.90 Å². The Morgan fingerprint density at radius 2 is 2.00 bits per heavy atom. The first kappa shape index (κ1) is 28.7. The van der Waals surface area contributed by atoms with E-state index in [0.29, 0.717) is 44.7 Å². The molecule has 206 valence electrons. The molecule has 0 spiro atoms. The first-order valence-electron chi connectivity index (χ1n) is 12.9. The average molecular weight is 527 g/mol. The summed E-state index contributed by atoms with van der Waals surface area (Å²) in [7, 11) is 0. The Labute approximate surface area is 222 Å². The zero-order chi connectivity index (χ0) is 27.8. The van der Waals surface area contributed by atoms with E-state index in [1.165, 1.54) is 0 Å². The molecule has 0 saturated carbocycles. The number of amides is 2. The maximum Gasteiger partial charge on any atom is 0.326 e. The number of unbranched alkanes of at least 4 members (excludes halogenated alkanes) is 1. The number of para-hydroxylation sites is 1. The topological polar surface area (TPSA) is 188 Å². The highest BCUT2D eigenvalue weighted by molar-refractivity contribution is 5.86. The molecule has 2 aromatic rings. The number of aryl methyl sites for hydroxylation is 2. The maximum absolute atomic E-state index is 12.4. The lowest BCUT2D eigenvalue weighted by molar-refractivity contribution is -0.141. The van der Waals surface area contributed by atoms with Crippen molar-refractivity contribution >= 4 is 34.7 Å². The first-order valence-corrected chi connectivity index (χ1v) is 12.9. The second-order valence-corrected chi connectivity index (χ2v) is 9.65. The van der Waals surface area contributed by atoms with Crippen LogP contribution in [-0.2, 0) is 27.2 Å². The minimum Gasteiger partial charge on any atom is -0.480 e. The van der Waals surface area contributed by atoms with Crippen molar-refractivity contribution in [3.05, 3.63) is 46.7 Å². The summed E-state index contributed by atoms with van der Waals surface area (Å²) in [4.78, 5) is 38.2. The number of hydrogen-bond donors (Lipinski definition) is 6. The van der Waals surface area contributed by atoms with E-state index < -0.39 is 18.1 Å². The monoisotopic (exact) mass is 526 g/mol. The van der Waals surface area contributed by atoms with E-state index in [2.05, 4.69) is 10.6 Å². The number of carbonyl (C=O) groups is 3. The second-order valence-electron chi connectivity index (χ2n) is 9.65. The second kappa shape index (κ2) is 13.1. The van der Waals surface area contributed by atoms with E-state index in [1.807, 2.05) is 38.1 Å². The summed E-state index contributed by atoms with van der Waals surface area (Å²) in [6.45, 7) is 5.33. The van der Waals surface area contributed by atoms with E-state index in [9.17, 15) is 19.5 Å². The van der Waals surface area contributed by atoms with Gasteiger partial charge >= 0.3 is 5.97 Å². The van der Waals surface area contributed by atoms with Crippen molar-refractivity contribution in [2.24, 2.45) is 11.5 Å². The van der Waals surface area contributed by atoms with Crippen molar-refractivity contribution in [2.75, 3.05) is 19.6 Å². The van der Waals surface area contributed by atoms with Crippen LogP contribution in [0.5, 0.6) is 0 Å². The van der Waals surface area contributed by atoms with Crippen LogP contribution in [0.15, 0.2) is 34.3 Å². The molecule has 0 radical (unpaired) electrons. The number of hydrogen-bond acceptors (Lipinski definition) is 6. The van der Waals surface area contributed by atoms with Gasteiger partial charge < -0.3 is 36.5 Å². The quantitative estimate of drug-likeness (QED) is 0.0981. The number of carbonyl (C=O) groups excluding carboxylic acids is 2. The molecule has 11 heteroatoms. The maximum atomic E-state index is 12.4. The number of rotatable bonds is 13. The van der Waals surface area contributed by atoms with E-state index in [-0.39, 0.29) is 30.6 Å². The largest absolute Gasteiger partial charge is 0.480 e. The van der Waals surface area contributed by atoms with Gasteiger partial charge in [0.05, 0.1) is 6.04 Å². The Balaban J connectivity index is 1.40. The Bertz CT molecular complexity index is 1220. The van der Waals surface area contributed by atoms with Crippen LogP contribution in [0.4, 0.5) is 0 Å². The van der Waals surface area contributed by atoms with Gasteiger partial charge in [0, 0.05) is 37.9 Å². The molecule has 0 bridgehead atoms. The standard InChI is InChI=1S/C27H38N6O5/c1-3-18-7-6-8-19-16(2)22(38-24(18)19)14-21(26(36)37)32-23(34)9-4-5-11-31-25(35)20(28)13-17-10-12-33(15-17)27(29)30/h6-8,10,20-21H,3-5,9,11-15,28H2,1-2H3,(H3,29,30)(H,31,35)(H,32,34)(H,36,37). The molecular weight excluding hydrogens is 488 g/mol. The number of nitrogens with zero attached hydrogens (tertiary/aromatic N) is 1. The van der Waals surface area contributed by atoms with Gasteiger partial charge in [-0.15, -0.1) is 0 Å². The number of carboxylic acids is 1. The Morgan fingerprint density at radius 1 is 1.24 bits per heavy atom. The van der Waals surface area contributed by atoms with Crippen molar-refractivity contribution in [3.63, 3.8) is 0 Å². The van der Waals surface area contributed by atoms with Crippen LogP contribution < -0.4 is 22.1 Å². The molecule has 1 aromatic heterocycles. The summed E-state index contributed by atoms with van der Waals surface area (Å²) in [5.74, 6) is -1.24. The van der Waals surface area contributed by atoms with Gasteiger partial charge in [0.15, 0.2) is 5.96 Å². The number of nitrogens with one attached hydrogen (secondary N) is 3. The molecule has 0 fully saturated rings. The summed E-state index contributed by atoms with van der Waals surface area (Å²) >= 11 is 0. The molecule has 8 N–H and O–H groups in total. The van der Waals surface area contributed by atoms with E-state index >= 15 is 0 Å². The van der Waals surface area contributed by atoms with Gasteiger partial charge in [-0.05, 0) is 43.7 Å². The third-order valence-electron chi connectivity index (χ3n) is 6.83. The fourth-order valence-corrected chi connectivity index (χ4v) is 4.55. The number of benzene rings is 1. The molecular formula is C27H38N6O5. The summed E-state index contributed by atoms with van der Waals surface area (Å²) in [5.41, 5.74) is 15.1. The van der Waals surface area contributed by atoms with E-state index in [4.69, 9.17) is 21.3 Å². The van der Waals surface area contributed by atoms with E-state index in [0.717, 1.165) is 34.1 Å². The number of aliphatic carboxylic acids is 1. The van der Waals surface area contributed by atoms with Crippen molar-refractivity contribution in [2.45, 2.75) is 64.5 Å². The first-order chi connectivity index (χ1) is 18.1. The van der Waals surface area contributed by atoms with Crippen LogP contribution in [-0.4, -0.2) is 65.5 Å². The minimum absolute atomic E-state index is 0.0109. The lowest BCUT2D eigenvalue weighted by Crippen LogP contribution is -2.42. The lowest BCUT2D eigenvalue weighted by Gasteiger charge is -2.17. The number of fused-ring (bicyclic) bond motifs is 1. The minimum atomic E-state index is -1.13. The Hall–Kier alpha value is -3.86. The molecule has 1 aliphatic rings. The van der Waals surface area contributed by atoms with Crippen LogP contribution in [0.1, 0.15) is 49.5 Å². The highest BCUT2D eigenvalue weighted by Crippen LogP contribution is 2.29. The average Bonchev–Trinajstić information content (AvgIpc) is 3.47. The van der Waals surface area contributed by atoms with Gasteiger partial charge in [-0.25, -0.2) is 4.79 Å². The highest BCUT2D eigenvalue weighted by atomic mass is 16.4.